The zero-order valence-electron chi connectivity index (χ0n) is 12.7. The van der Waals surface area contributed by atoms with Crippen LogP contribution >= 0.6 is 24.0 Å². The summed E-state index contributed by atoms with van der Waals surface area (Å²) >= 11 is 6.02. The average molecular weight is 328 g/mol. The summed E-state index contributed by atoms with van der Waals surface area (Å²) in [6.45, 7) is 1.20. The molecule has 3 heteroatoms. The monoisotopic (exact) mass is 327 g/mol. The maximum absolute atomic E-state index is 6.02. The Kier molecular flexibility index (Phi) is 6.40. The highest BCUT2D eigenvalue weighted by Crippen LogP contribution is 2.42. The molecule has 0 aliphatic heterocycles. The van der Waals surface area contributed by atoms with Crippen molar-refractivity contribution in [2.75, 3.05) is 6.54 Å². The Balaban J connectivity index is 0.00000161. The normalized spacial score (nSPS) is 22.0. The third-order valence-corrected chi connectivity index (χ3v) is 5.56. The summed E-state index contributed by atoms with van der Waals surface area (Å²) in [5, 5.41) is 4.76. The first kappa shape index (κ1) is 17.1. The van der Waals surface area contributed by atoms with Crippen LogP contribution in [0.25, 0.3) is 0 Å². The molecule has 1 aromatic rings. The van der Waals surface area contributed by atoms with E-state index in [9.17, 15) is 0 Å². The minimum Gasteiger partial charge on any atom is -0.307 e. The number of benzene rings is 1. The van der Waals surface area contributed by atoms with Gasteiger partial charge in [-0.25, -0.2) is 0 Å². The Bertz CT molecular complexity index is 417. The summed E-state index contributed by atoms with van der Waals surface area (Å²) in [6, 6.07) is 8.48. The first-order valence-electron chi connectivity index (χ1n) is 8.30. The molecule has 0 amide bonds. The van der Waals surface area contributed by atoms with E-state index in [0.29, 0.717) is 0 Å². The molecule has 2 aliphatic carbocycles. The maximum atomic E-state index is 6.02. The van der Waals surface area contributed by atoms with Gasteiger partial charge < -0.3 is 5.32 Å². The molecule has 0 radical (unpaired) electrons. The van der Waals surface area contributed by atoms with E-state index >= 15 is 0 Å². The van der Waals surface area contributed by atoms with Crippen molar-refractivity contribution < 1.29 is 0 Å². The van der Waals surface area contributed by atoms with Gasteiger partial charge in [-0.15, -0.1) is 12.4 Å². The van der Waals surface area contributed by atoms with E-state index in [-0.39, 0.29) is 17.9 Å². The number of nitrogens with one attached hydrogen (secondary N) is 1. The Morgan fingerprint density at radius 3 is 2.10 bits per heavy atom. The third kappa shape index (κ3) is 4.15. The SMILES string of the molecule is Cl.Clc1ccc(C2(NCC3CCCCCC3)CCC2)cc1. The number of hydrogen-bond acceptors (Lipinski definition) is 1. The van der Waals surface area contributed by atoms with E-state index in [2.05, 4.69) is 17.4 Å². The van der Waals surface area contributed by atoms with Crippen molar-refractivity contribution in [3.63, 3.8) is 0 Å². The second kappa shape index (κ2) is 7.85. The van der Waals surface area contributed by atoms with E-state index in [1.165, 1.54) is 69.9 Å². The summed E-state index contributed by atoms with van der Waals surface area (Å²) in [6.07, 6.45) is 12.5. The molecule has 0 atom stereocenters. The van der Waals surface area contributed by atoms with Gasteiger partial charge >= 0.3 is 0 Å². The smallest absolute Gasteiger partial charge is 0.0434 e. The predicted molar refractivity (Wildman–Crippen MR) is 93.4 cm³/mol. The van der Waals surface area contributed by atoms with Gasteiger partial charge in [0.25, 0.3) is 0 Å². The van der Waals surface area contributed by atoms with Gasteiger partial charge in [0, 0.05) is 10.6 Å². The second-order valence-electron chi connectivity index (χ2n) is 6.68. The first-order valence-corrected chi connectivity index (χ1v) is 8.67. The summed E-state index contributed by atoms with van der Waals surface area (Å²) in [5.74, 6) is 0.891. The summed E-state index contributed by atoms with van der Waals surface area (Å²) in [5.41, 5.74) is 1.68. The van der Waals surface area contributed by atoms with E-state index in [1.54, 1.807) is 0 Å². The van der Waals surface area contributed by atoms with E-state index in [4.69, 9.17) is 11.6 Å². The van der Waals surface area contributed by atoms with Crippen LogP contribution in [-0.4, -0.2) is 6.54 Å². The van der Waals surface area contributed by atoms with Crippen molar-refractivity contribution in [1.82, 2.24) is 5.32 Å². The molecule has 0 saturated heterocycles. The van der Waals surface area contributed by atoms with Crippen LogP contribution in [0.2, 0.25) is 5.02 Å². The van der Waals surface area contributed by atoms with Crippen molar-refractivity contribution in [3.8, 4) is 0 Å². The highest BCUT2D eigenvalue weighted by Gasteiger charge is 2.38. The maximum Gasteiger partial charge on any atom is 0.0434 e. The van der Waals surface area contributed by atoms with Crippen LogP contribution < -0.4 is 5.32 Å². The number of halogens is 2. The molecular formula is C18H27Cl2N. The van der Waals surface area contributed by atoms with Crippen molar-refractivity contribution in [2.24, 2.45) is 5.92 Å². The van der Waals surface area contributed by atoms with Crippen molar-refractivity contribution >= 4 is 24.0 Å². The third-order valence-electron chi connectivity index (χ3n) is 5.31. The molecule has 118 valence electrons. The first-order chi connectivity index (χ1) is 9.78. The van der Waals surface area contributed by atoms with Crippen LogP contribution in [0.1, 0.15) is 63.4 Å². The minimum absolute atomic E-state index is 0. The highest BCUT2D eigenvalue weighted by atomic mass is 35.5. The quantitative estimate of drug-likeness (QED) is 0.699. The van der Waals surface area contributed by atoms with Crippen molar-refractivity contribution in [1.29, 1.82) is 0 Å². The minimum atomic E-state index is 0. The lowest BCUT2D eigenvalue weighted by Gasteiger charge is -2.44. The van der Waals surface area contributed by atoms with Gasteiger partial charge in [-0.1, -0.05) is 49.4 Å². The van der Waals surface area contributed by atoms with Crippen molar-refractivity contribution in [2.45, 2.75) is 63.3 Å². The van der Waals surface area contributed by atoms with Crippen LogP contribution in [0.5, 0.6) is 0 Å². The fourth-order valence-electron chi connectivity index (χ4n) is 3.77. The lowest BCUT2D eigenvalue weighted by Crippen LogP contribution is -2.49. The number of hydrogen-bond donors (Lipinski definition) is 1. The van der Waals surface area contributed by atoms with E-state index < -0.39 is 0 Å². The van der Waals surface area contributed by atoms with Gasteiger partial charge in [-0.2, -0.15) is 0 Å². The van der Waals surface area contributed by atoms with Crippen molar-refractivity contribution in [3.05, 3.63) is 34.9 Å². The standard InChI is InChI=1S/C18H26ClN.ClH/c19-17-10-8-16(9-11-17)18(12-5-13-18)20-14-15-6-3-1-2-4-7-15;/h8-11,15,20H,1-7,12-14H2;1H. The lowest BCUT2D eigenvalue weighted by molar-refractivity contribution is 0.172. The van der Waals surface area contributed by atoms with Gasteiger partial charge in [0.2, 0.25) is 0 Å². The van der Waals surface area contributed by atoms with E-state index in [0.717, 1.165) is 10.9 Å². The highest BCUT2D eigenvalue weighted by molar-refractivity contribution is 6.30. The molecule has 1 nitrogen and oxygen atoms in total. The predicted octanol–water partition coefficient (Wildman–Crippen LogP) is 5.70. The Morgan fingerprint density at radius 1 is 0.952 bits per heavy atom. The van der Waals surface area contributed by atoms with Crippen LogP contribution in [0.15, 0.2) is 24.3 Å². The Labute approximate surface area is 140 Å². The molecular weight excluding hydrogens is 301 g/mol. The summed E-state index contributed by atoms with van der Waals surface area (Å²) < 4.78 is 0. The van der Waals surface area contributed by atoms with Crippen LogP contribution in [0.3, 0.4) is 0 Å². The molecule has 0 aromatic heterocycles. The molecule has 0 unspecified atom stereocenters. The molecule has 0 heterocycles. The van der Waals surface area contributed by atoms with Crippen LogP contribution in [-0.2, 0) is 5.54 Å². The van der Waals surface area contributed by atoms with E-state index in [1.807, 2.05) is 12.1 Å². The molecule has 2 aliphatic rings. The molecule has 21 heavy (non-hydrogen) atoms. The molecule has 2 fully saturated rings. The van der Waals surface area contributed by atoms with Crippen LogP contribution in [0.4, 0.5) is 0 Å². The Hall–Kier alpha value is -0.240. The van der Waals surface area contributed by atoms with Gasteiger partial charge in [0.05, 0.1) is 0 Å². The van der Waals surface area contributed by atoms with Crippen LogP contribution in [0, 0.1) is 5.92 Å². The Morgan fingerprint density at radius 2 is 1.57 bits per heavy atom. The summed E-state index contributed by atoms with van der Waals surface area (Å²) in [7, 11) is 0. The van der Waals surface area contributed by atoms with Gasteiger partial charge in [-0.3, -0.25) is 0 Å². The molecule has 1 N–H and O–H groups in total. The fourth-order valence-corrected chi connectivity index (χ4v) is 3.90. The van der Waals surface area contributed by atoms with Gasteiger partial charge in [0.1, 0.15) is 0 Å². The second-order valence-corrected chi connectivity index (χ2v) is 7.12. The topological polar surface area (TPSA) is 12.0 Å². The zero-order chi connectivity index (χ0) is 13.8. The lowest BCUT2D eigenvalue weighted by atomic mass is 9.71. The average Bonchev–Trinajstić information content (AvgIpc) is 2.68. The molecule has 3 rings (SSSR count). The largest absolute Gasteiger partial charge is 0.307 e. The summed E-state index contributed by atoms with van der Waals surface area (Å²) in [4.78, 5) is 0. The fraction of sp³-hybridized carbons (Fsp3) is 0.667. The zero-order valence-corrected chi connectivity index (χ0v) is 14.3. The molecule has 0 spiro atoms. The molecule has 0 bridgehead atoms. The molecule has 1 aromatic carbocycles. The van der Waals surface area contributed by atoms with Gasteiger partial charge in [0.15, 0.2) is 0 Å². The molecule has 2 saturated carbocycles. The number of rotatable bonds is 4. The van der Waals surface area contributed by atoms with Gasteiger partial charge in [-0.05, 0) is 62.3 Å².